The molecule has 4 rings (SSSR count). The maximum Gasteiger partial charge on any atom is 0.262 e. The van der Waals surface area contributed by atoms with Crippen LogP contribution in [0, 0.1) is 0 Å². The van der Waals surface area contributed by atoms with Gasteiger partial charge in [0.25, 0.3) is 5.91 Å². The Labute approximate surface area is 139 Å². The average Bonchev–Trinajstić information content (AvgIpc) is 2.96. The van der Waals surface area contributed by atoms with Crippen molar-refractivity contribution in [3.63, 3.8) is 0 Å². The van der Waals surface area contributed by atoms with Crippen LogP contribution < -0.4 is 10.1 Å². The first-order chi connectivity index (χ1) is 11.1. The van der Waals surface area contributed by atoms with Gasteiger partial charge in [-0.05, 0) is 42.5 Å². The Morgan fingerprint density at radius 3 is 2.87 bits per heavy atom. The van der Waals surface area contributed by atoms with Crippen molar-refractivity contribution in [2.75, 3.05) is 11.9 Å². The minimum absolute atomic E-state index is 0.0151. The lowest BCUT2D eigenvalue weighted by Crippen LogP contribution is -2.25. The van der Waals surface area contributed by atoms with Crippen molar-refractivity contribution in [2.45, 2.75) is 0 Å². The van der Waals surface area contributed by atoms with E-state index in [0.717, 1.165) is 9.86 Å². The van der Waals surface area contributed by atoms with Crippen molar-refractivity contribution in [2.24, 2.45) is 0 Å². The SMILES string of the molecule is O=C1COc2ccc(C(=O)c3cc4cc(Br)ccc4o3)cc2N1. The van der Waals surface area contributed by atoms with Gasteiger partial charge in [-0.3, -0.25) is 9.59 Å². The summed E-state index contributed by atoms with van der Waals surface area (Å²) in [6, 6.07) is 12.2. The Bertz CT molecular complexity index is 960. The van der Waals surface area contributed by atoms with Gasteiger partial charge in [0.05, 0.1) is 5.69 Å². The number of carbonyl (C=O) groups excluding carboxylic acids is 2. The molecule has 5 nitrogen and oxygen atoms in total. The van der Waals surface area contributed by atoms with E-state index < -0.39 is 0 Å². The van der Waals surface area contributed by atoms with Crippen molar-refractivity contribution in [1.29, 1.82) is 0 Å². The number of nitrogens with one attached hydrogen (secondary N) is 1. The van der Waals surface area contributed by atoms with E-state index in [-0.39, 0.29) is 24.1 Å². The molecule has 0 atom stereocenters. The van der Waals surface area contributed by atoms with Gasteiger partial charge in [0.2, 0.25) is 5.78 Å². The van der Waals surface area contributed by atoms with Crippen molar-refractivity contribution < 1.29 is 18.7 Å². The number of fused-ring (bicyclic) bond motifs is 2. The molecular weight excluding hydrogens is 362 g/mol. The summed E-state index contributed by atoms with van der Waals surface area (Å²) in [5, 5.41) is 3.53. The highest BCUT2D eigenvalue weighted by atomic mass is 79.9. The van der Waals surface area contributed by atoms with Crippen LogP contribution >= 0.6 is 15.9 Å². The molecule has 23 heavy (non-hydrogen) atoms. The van der Waals surface area contributed by atoms with E-state index in [9.17, 15) is 9.59 Å². The zero-order valence-corrected chi connectivity index (χ0v) is 13.3. The highest BCUT2D eigenvalue weighted by molar-refractivity contribution is 9.10. The Balaban J connectivity index is 1.73. The second-order valence-electron chi connectivity index (χ2n) is 5.17. The molecule has 3 aromatic rings. The van der Waals surface area contributed by atoms with Crippen molar-refractivity contribution in [1.82, 2.24) is 0 Å². The van der Waals surface area contributed by atoms with E-state index in [0.29, 0.717) is 22.6 Å². The summed E-state index contributed by atoms with van der Waals surface area (Å²) in [5.41, 5.74) is 1.56. The molecule has 0 bridgehead atoms. The minimum atomic E-state index is -0.250. The molecule has 0 aliphatic carbocycles. The number of rotatable bonds is 2. The first-order valence-corrected chi connectivity index (χ1v) is 7.70. The van der Waals surface area contributed by atoms with E-state index in [1.807, 2.05) is 12.1 Å². The molecule has 114 valence electrons. The third-order valence-corrected chi connectivity index (χ3v) is 4.07. The van der Waals surface area contributed by atoms with Gasteiger partial charge < -0.3 is 14.5 Å². The van der Waals surface area contributed by atoms with Crippen LogP contribution in [0.5, 0.6) is 5.75 Å². The number of carbonyl (C=O) groups is 2. The molecule has 0 spiro atoms. The van der Waals surface area contributed by atoms with Gasteiger partial charge in [-0.1, -0.05) is 15.9 Å². The van der Waals surface area contributed by atoms with Gasteiger partial charge in [-0.2, -0.15) is 0 Å². The highest BCUT2D eigenvalue weighted by Gasteiger charge is 2.20. The van der Waals surface area contributed by atoms with Crippen LogP contribution in [-0.2, 0) is 4.79 Å². The Morgan fingerprint density at radius 1 is 1.13 bits per heavy atom. The molecular formula is C17H10BrNO4. The summed E-state index contributed by atoms with van der Waals surface area (Å²) in [7, 11) is 0. The number of ether oxygens (including phenoxy) is 1. The normalized spacial score (nSPS) is 13.3. The lowest BCUT2D eigenvalue weighted by Gasteiger charge is -2.18. The van der Waals surface area contributed by atoms with Gasteiger partial charge in [-0.15, -0.1) is 0 Å². The van der Waals surface area contributed by atoms with Crippen molar-refractivity contribution >= 4 is 44.3 Å². The number of ketones is 1. The lowest BCUT2D eigenvalue weighted by atomic mass is 10.1. The number of anilines is 1. The number of furan rings is 1. The van der Waals surface area contributed by atoms with Gasteiger partial charge in [0.1, 0.15) is 11.3 Å². The number of amides is 1. The van der Waals surface area contributed by atoms with Gasteiger partial charge >= 0.3 is 0 Å². The topological polar surface area (TPSA) is 68.5 Å². The molecule has 0 saturated heterocycles. The molecule has 1 aliphatic heterocycles. The summed E-state index contributed by atoms with van der Waals surface area (Å²) in [5.74, 6) is 0.312. The van der Waals surface area contributed by atoms with Gasteiger partial charge in [0.15, 0.2) is 12.4 Å². The predicted octanol–water partition coefficient (Wildman–Crippen LogP) is 3.76. The third kappa shape index (κ3) is 2.51. The summed E-state index contributed by atoms with van der Waals surface area (Å²) in [6.45, 7) is -0.0151. The van der Waals surface area contributed by atoms with Crippen LogP contribution in [0.3, 0.4) is 0 Å². The molecule has 1 aliphatic rings. The molecule has 6 heteroatoms. The maximum absolute atomic E-state index is 12.6. The van der Waals surface area contributed by atoms with Crippen LogP contribution in [0.15, 0.2) is 51.4 Å². The molecule has 0 fully saturated rings. The van der Waals surface area contributed by atoms with Gasteiger partial charge in [-0.25, -0.2) is 0 Å². The zero-order valence-electron chi connectivity index (χ0n) is 11.8. The van der Waals surface area contributed by atoms with E-state index in [2.05, 4.69) is 21.2 Å². The number of benzene rings is 2. The van der Waals surface area contributed by atoms with Crippen LogP contribution in [0.4, 0.5) is 5.69 Å². The molecule has 1 amide bonds. The Morgan fingerprint density at radius 2 is 2.00 bits per heavy atom. The largest absolute Gasteiger partial charge is 0.482 e. The third-order valence-electron chi connectivity index (χ3n) is 3.58. The minimum Gasteiger partial charge on any atom is -0.482 e. The summed E-state index contributed by atoms with van der Waals surface area (Å²) in [6.07, 6.45) is 0. The van der Waals surface area contributed by atoms with E-state index >= 15 is 0 Å². The van der Waals surface area contributed by atoms with Crippen LogP contribution in [0.1, 0.15) is 16.1 Å². The van der Waals surface area contributed by atoms with E-state index in [4.69, 9.17) is 9.15 Å². The quantitative estimate of drug-likeness (QED) is 0.696. The van der Waals surface area contributed by atoms with Crippen LogP contribution in [-0.4, -0.2) is 18.3 Å². The van der Waals surface area contributed by atoms with Crippen LogP contribution in [0.2, 0.25) is 0 Å². The van der Waals surface area contributed by atoms with Gasteiger partial charge in [0, 0.05) is 15.4 Å². The predicted molar refractivity (Wildman–Crippen MR) is 87.9 cm³/mol. The molecule has 2 heterocycles. The fourth-order valence-corrected chi connectivity index (χ4v) is 2.87. The second kappa shape index (κ2) is 5.24. The Hall–Kier alpha value is -2.60. The standard InChI is InChI=1S/C17H10BrNO4/c18-11-2-4-13-10(5-11)7-15(23-13)17(21)9-1-3-14-12(6-9)19-16(20)8-22-14/h1-7H,8H2,(H,19,20). The second-order valence-corrected chi connectivity index (χ2v) is 6.09. The fraction of sp³-hybridized carbons (Fsp3) is 0.0588. The molecule has 0 radical (unpaired) electrons. The van der Waals surface area contributed by atoms with Crippen molar-refractivity contribution in [3.8, 4) is 5.75 Å². The average molecular weight is 372 g/mol. The summed E-state index contributed by atoms with van der Waals surface area (Å²) < 4.78 is 11.8. The number of hydrogen-bond acceptors (Lipinski definition) is 4. The summed E-state index contributed by atoms with van der Waals surface area (Å²) >= 11 is 3.39. The zero-order chi connectivity index (χ0) is 16.0. The fourth-order valence-electron chi connectivity index (χ4n) is 2.49. The van der Waals surface area contributed by atoms with Crippen molar-refractivity contribution in [3.05, 3.63) is 58.3 Å². The first-order valence-electron chi connectivity index (χ1n) is 6.91. The lowest BCUT2D eigenvalue weighted by molar-refractivity contribution is -0.118. The molecule has 1 N–H and O–H groups in total. The smallest absolute Gasteiger partial charge is 0.262 e. The molecule has 0 unspecified atom stereocenters. The Kier molecular flexibility index (Phi) is 3.20. The van der Waals surface area contributed by atoms with Crippen LogP contribution in [0.25, 0.3) is 11.0 Å². The monoisotopic (exact) mass is 371 g/mol. The molecule has 0 saturated carbocycles. The highest BCUT2D eigenvalue weighted by Crippen LogP contribution is 2.30. The van der Waals surface area contributed by atoms with E-state index in [1.54, 1.807) is 30.3 Å². The molecule has 1 aromatic heterocycles. The maximum atomic E-state index is 12.6. The summed E-state index contributed by atoms with van der Waals surface area (Å²) in [4.78, 5) is 24.0. The van der Waals surface area contributed by atoms with E-state index in [1.165, 1.54) is 0 Å². The molecule has 2 aromatic carbocycles. The number of halogens is 1. The number of hydrogen-bond donors (Lipinski definition) is 1. The first kappa shape index (κ1) is 14.0.